The van der Waals surface area contributed by atoms with Gasteiger partial charge in [-0.25, -0.2) is 4.68 Å². The van der Waals surface area contributed by atoms with E-state index in [-0.39, 0.29) is 11.8 Å². The summed E-state index contributed by atoms with van der Waals surface area (Å²) in [6.07, 6.45) is 0. The first-order chi connectivity index (χ1) is 14.7. The number of aromatic nitrogens is 5. The van der Waals surface area contributed by atoms with E-state index in [4.69, 9.17) is 9.26 Å². The Morgan fingerprint density at radius 2 is 1.97 bits per heavy atom. The lowest BCUT2D eigenvalue weighted by atomic mass is 10.1. The molecule has 30 heavy (non-hydrogen) atoms. The van der Waals surface area contributed by atoms with Crippen LogP contribution in [0, 0.1) is 0 Å². The molecule has 9 heteroatoms. The standard InChI is InChI=1S/C21H18N6O3/c1-29-16-9-5-6-14(12-16)13-26-10-11-27-18(21(26)28)17(23-25-27)20-22-19(24-30-20)15-7-3-2-4-8-15/h2-9,12H,10-11,13H2,1H3. The van der Waals surface area contributed by atoms with Gasteiger partial charge >= 0.3 is 0 Å². The van der Waals surface area contributed by atoms with E-state index in [0.29, 0.717) is 36.8 Å². The van der Waals surface area contributed by atoms with Crippen LogP contribution in [0.2, 0.25) is 0 Å². The van der Waals surface area contributed by atoms with Gasteiger partial charge in [0.2, 0.25) is 5.82 Å². The van der Waals surface area contributed by atoms with Crippen molar-refractivity contribution in [2.75, 3.05) is 13.7 Å². The normalized spacial score (nSPS) is 13.4. The highest BCUT2D eigenvalue weighted by atomic mass is 16.5. The average Bonchev–Trinajstić information content (AvgIpc) is 3.44. The summed E-state index contributed by atoms with van der Waals surface area (Å²) in [6.45, 7) is 1.53. The number of carbonyl (C=O) groups excluding carboxylic acids is 1. The first kappa shape index (κ1) is 18.0. The molecule has 0 radical (unpaired) electrons. The summed E-state index contributed by atoms with van der Waals surface area (Å²) in [5.74, 6) is 1.18. The zero-order chi connectivity index (χ0) is 20.5. The predicted molar refractivity (Wildman–Crippen MR) is 106 cm³/mol. The summed E-state index contributed by atoms with van der Waals surface area (Å²) < 4.78 is 12.3. The molecule has 0 atom stereocenters. The highest BCUT2D eigenvalue weighted by Crippen LogP contribution is 2.27. The lowest BCUT2D eigenvalue weighted by Gasteiger charge is -2.27. The zero-order valence-corrected chi connectivity index (χ0v) is 16.2. The van der Waals surface area contributed by atoms with E-state index in [1.165, 1.54) is 0 Å². The van der Waals surface area contributed by atoms with Crippen molar-refractivity contribution in [3.63, 3.8) is 0 Å². The predicted octanol–water partition coefficient (Wildman–Crippen LogP) is 2.66. The number of hydrogen-bond donors (Lipinski definition) is 0. The van der Waals surface area contributed by atoms with Gasteiger partial charge in [0.1, 0.15) is 5.75 Å². The molecular formula is C21H18N6O3. The van der Waals surface area contributed by atoms with Crippen molar-refractivity contribution in [3.05, 3.63) is 65.9 Å². The molecule has 3 heterocycles. The molecule has 0 unspecified atom stereocenters. The number of methoxy groups -OCH3 is 1. The summed E-state index contributed by atoms with van der Waals surface area (Å²) >= 11 is 0. The van der Waals surface area contributed by atoms with E-state index < -0.39 is 0 Å². The summed E-state index contributed by atoms with van der Waals surface area (Å²) in [5, 5.41) is 12.3. The lowest BCUT2D eigenvalue weighted by molar-refractivity contribution is 0.0684. The van der Waals surface area contributed by atoms with Gasteiger partial charge in [0.15, 0.2) is 11.4 Å². The maximum absolute atomic E-state index is 13.2. The third kappa shape index (κ3) is 3.20. The summed E-state index contributed by atoms with van der Waals surface area (Å²) in [5.41, 5.74) is 2.45. The maximum atomic E-state index is 13.2. The monoisotopic (exact) mass is 402 g/mol. The molecule has 1 aliphatic rings. The second-order valence-electron chi connectivity index (χ2n) is 6.88. The first-order valence-electron chi connectivity index (χ1n) is 9.48. The molecule has 0 saturated carbocycles. The topological polar surface area (TPSA) is 99.2 Å². The number of benzene rings is 2. The molecule has 0 aliphatic carbocycles. The maximum Gasteiger partial charge on any atom is 0.281 e. The molecule has 150 valence electrons. The van der Waals surface area contributed by atoms with Crippen LogP contribution in [0.1, 0.15) is 16.1 Å². The van der Waals surface area contributed by atoms with Crippen molar-refractivity contribution in [1.82, 2.24) is 30.0 Å². The van der Waals surface area contributed by atoms with Crippen molar-refractivity contribution in [2.24, 2.45) is 0 Å². The Balaban J connectivity index is 1.43. The second-order valence-corrected chi connectivity index (χ2v) is 6.88. The van der Waals surface area contributed by atoms with Gasteiger partial charge in [-0.15, -0.1) is 5.10 Å². The molecule has 2 aromatic heterocycles. The third-order valence-electron chi connectivity index (χ3n) is 4.97. The number of fused-ring (bicyclic) bond motifs is 1. The Bertz CT molecular complexity index is 1200. The second kappa shape index (κ2) is 7.43. The van der Waals surface area contributed by atoms with E-state index >= 15 is 0 Å². The Kier molecular flexibility index (Phi) is 4.47. The Morgan fingerprint density at radius 1 is 1.10 bits per heavy atom. The van der Waals surface area contributed by atoms with E-state index in [0.717, 1.165) is 16.9 Å². The van der Waals surface area contributed by atoms with Crippen LogP contribution in [0.25, 0.3) is 23.0 Å². The smallest absolute Gasteiger partial charge is 0.281 e. The van der Waals surface area contributed by atoms with Gasteiger partial charge in [-0.05, 0) is 17.7 Å². The first-order valence-corrected chi connectivity index (χ1v) is 9.48. The van der Waals surface area contributed by atoms with Gasteiger partial charge in [0, 0.05) is 18.7 Å². The van der Waals surface area contributed by atoms with Gasteiger partial charge < -0.3 is 14.2 Å². The quantitative estimate of drug-likeness (QED) is 0.506. The van der Waals surface area contributed by atoms with Gasteiger partial charge in [-0.3, -0.25) is 4.79 Å². The molecule has 1 aliphatic heterocycles. The molecule has 1 amide bonds. The summed E-state index contributed by atoms with van der Waals surface area (Å²) in [7, 11) is 1.62. The van der Waals surface area contributed by atoms with E-state index in [1.54, 1.807) is 16.7 Å². The van der Waals surface area contributed by atoms with Crippen LogP contribution in [0.5, 0.6) is 5.75 Å². The number of hydrogen-bond acceptors (Lipinski definition) is 7. The Morgan fingerprint density at radius 3 is 2.80 bits per heavy atom. The molecule has 0 spiro atoms. The van der Waals surface area contributed by atoms with Crippen LogP contribution in [0.4, 0.5) is 0 Å². The molecule has 0 N–H and O–H groups in total. The number of rotatable bonds is 5. The largest absolute Gasteiger partial charge is 0.497 e. The van der Waals surface area contributed by atoms with Crippen LogP contribution in [-0.2, 0) is 13.1 Å². The number of amides is 1. The molecular weight excluding hydrogens is 384 g/mol. The third-order valence-corrected chi connectivity index (χ3v) is 4.97. The summed E-state index contributed by atoms with van der Waals surface area (Å²) in [6, 6.07) is 17.1. The molecule has 9 nitrogen and oxygen atoms in total. The molecule has 2 aromatic carbocycles. The fourth-order valence-electron chi connectivity index (χ4n) is 3.46. The van der Waals surface area contributed by atoms with Crippen molar-refractivity contribution in [3.8, 4) is 28.7 Å². The Labute approximate surface area is 171 Å². The molecule has 0 saturated heterocycles. The minimum atomic E-state index is -0.177. The number of ether oxygens (including phenoxy) is 1. The van der Waals surface area contributed by atoms with Crippen LogP contribution in [0.3, 0.4) is 0 Å². The average molecular weight is 402 g/mol. The highest BCUT2D eigenvalue weighted by Gasteiger charge is 2.32. The summed E-state index contributed by atoms with van der Waals surface area (Å²) in [4.78, 5) is 19.4. The number of nitrogens with zero attached hydrogens (tertiary/aromatic N) is 6. The van der Waals surface area contributed by atoms with Crippen molar-refractivity contribution >= 4 is 5.91 Å². The molecule has 5 rings (SSSR count). The van der Waals surface area contributed by atoms with E-state index in [1.807, 2.05) is 54.6 Å². The Hall–Kier alpha value is -4.01. The number of carbonyl (C=O) groups is 1. The van der Waals surface area contributed by atoms with Crippen LogP contribution < -0.4 is 4.74 Å². The van der Waals surface area contributed by atoms with Crippen molar-refractivity contribution < 1.29 is 14.1 Å². The van der Waals surface area contributed by atoms with E-state index in [9.17, 15) is 4.79 Å². The van der Waals surface area contributed by atoms with Gasteiger partial charge in [0.25, 0.3) is 11.8 Å². The zero-order valence-electron chi connectivity index (χ0n) is 16.2. The highest BCUT2D eigenvalue weighted by molar-refractivity contribution is 5.98. The fraction of sp³-hybridized carbons (Fsp3) is 0.190. The van der Waals surface area contributed by atoms with Crippen LogP contribution in [-0.4, -0.2) is 49.6 Å². The fourth-order valence-corrected chi connectivity index (χ4v) is 3.46. The van der Waals surface area contributed by atoms with Crippen LogP contribution in [0.15, 0.2) is 59.1 Å². The molecule has 4 aromatic rings. The minimum Gasteiger partial charge on any atom is -0.497 e. The van der Waals surface area contributed by atoms with Crippen molar-refractivity contribution in [1.29, 1.82) is 0 Å². The lowest BCUT2D eigenvalue weighted by Crippen LogP contribution is -2.40. The SMILES string of the molecule is COc1cccc(CN2CCn3nnc(-c4nc(-c5ccccc5)no4)c3C2=O)c1. The molecule has 0 fully saturated rings. The van der Waals surface area contributed by atoms with Gasteiger partial charge in [-0.2, -0.15) is 4.98 Å². The molecule has 0 bridgehead atoms. The van der Waals surface area contributed by atoms with Crippen molar-refractivity contribution in [2.45, 2.75) is 13.1 Å². The van der Waals surface area contributed by atoms with Gasteiger partial charge in [0.05, 0.1) is 13.7 Å². The van der Waals surface area contributed by atoms with Gasteiger partial charge in [-0.1, -0.05) is 52.8 Å². The van der Waals surface area contributed by atoms with E-state index in [2.05, 4.69) is 20.5 Å². The van der Waals surface area contributed by atoms with Crippen LogP contribution >= 0.6 is 0 Å². The minimum absolute atomic E-state index is 0.173.